The van der Waals surface area contributed by atoms with Crippen molar-refractivity contribution in [2.24, 2.45) is 0 Å². The highest BCUT2D eigenvalue weighted by Crippen LogP contribution is 2.16. The molecule has 0 aliphatic heterocycles. The zero-order chi connectivity index (χ0) is 16.2. The second kappa shape index (κ2) is 6.44. The molecule has 0 aliphatic rings. The lowest BCUT2D eigenvalue weighted by Crippen LogP contribution is -1.98. The lowest BCUT2D eigenvalue weighted by Gasteiger charge is -1.97. The van der Waals surface area contributed by atoms with Crippen molar-refractivity contribution in [2.45, 2.75) is 6.42 Å². The van der Waals surface area contributed by atoms with Gasteiger partial charge in [0.25, 0.3) is 0 Å². The summed E-state index contributed by atoms with van der Waals surface area (Å²) in [5, 5.41) is 24.3. The second-order valence-electron chi connectivity index (χ2n) is 4.58. The zero-order valence-electron chi connectivity index (χ0n) is 11.6. The van der Waals surface area contributed by atoms with Crippen molar-refractivity contribution in [2.75, 3.05) is 0 Å². The molecule has 0 saturated carbocycles. The Labute approximate surface area is 133 Å². The molecule has 2 N–H and O–H groups in total. The summed E-state index contributed by atoms with van der Waals surface area (Å²) in [6.07, 6.45) is 1.48. The third-order valence-corrected chi connectivity index (χ3v) is 3.81. The van der Waals surface area contributed by atoms with Gasteiger partial charge in [-0.2, -0.15) is 5.21 Å². The molecule has 0 amide bonds. The highest BCUT2D eigenvalue weighted by Gasteiger charge is 2.13. The standard InChI is InChI=1S/C14H10FN5O2S/c15-9-3-1-8(2-4-9)5-10-7-23-14(16-10)12(22)6-11(21)13-17-19-20-18-13/h1-4,6-7,21H,5H2,(H,17,18,19,20). The van der Waals surface area contributed by atoms with Crippen LogP contribution < -0.4 is 0 Å². The molecule has 1 aromatic carbocycles. The summed E-state index contributed by atoms with van der Waals surface area (Å²) in [5.74, 6) is -1.21. The number of rotatable bonds is 5. The number of aromatic nitrogens is 5. The van der Waals surface area contributed by atoms with Gasteiger partial charge in [-0.15, -0.1) is 21.5 Å². The first-order valence-corrected chi connectivity index (χ1v) is 7.37. The number of nitrogens with zero attached hydrogens (tertiary/aromatic N) is 4. The minimum atomic E-state index is -0.456. The van der Waals surface area contributed by atoms with Crippen LogP contribution in [0.25, 0.3) is 5.76 Å². The first-order valence-electron chi connectivity index (χ1n) is 6.49. The van der Waals surface area contributed by atoms with Crippen molar-refractivity contribution in [1.82, 2.24) is 25.6 Å². The SMILES string of the molecule is O=C(C=C(O)c1nn[nH]n1)c1nc(Cc2ccc(F)cc2)cs1. The Hall–Kier alpha value is -2.94. The van der Waals surface area contributed by atoms with Gasteiger partial charge in [-0.05, 0) is 22.9 Å². The van der Waals surface area contributed by atoms with E-state index in [4.69, 9.17) is 0 Å². The Balaban J connectivity index is 1.72. The number of halogens is 1. The van der Waals surface area contributed by atoms with Crippen LogP contribution in [0.3, 0.4) is 0 Å². The minimum absolute atomic E-state index is 0.0681. The Bertz CT molecular complexity index is 842. The Morgan fingerprint density at radius 2 is 2.13 bits per heavy atom. The van der Waals surface area contributed by atoms with Gasteiger partial charge >= 0.3 is 0 Å². The lowest BCUT2D eigenvalue weighted by molar-refractivity contribution is 0.104. The van der Waals surface area contributed by atoms with E-state index in [1.807, 2.05) is 0 Å². The molecule has 116 valence electrons. The molecule has 0 spiro atoms. The number of hydrogen-bond donors (Lipinski definition) is 2. The van der Waals surface area contributed by atoms with E-state index >= 15 is 0 Å². The van der Waals surface area contributed by atoms with Gasteiger partial charge in [-0.1, -0.05) is 12.1 Å². The van der Waals surface area contributed by atoms with Gasteiger partial charge in [0.15, 0.2) is 10.8 Å². The van der Waals surface area contributed by atoms with E-state index in [1.165, 1.54) is 12.1 Å². The fourth-order valence-corrected chi connectivity index (χ4v) is 2.56. The van der Waals surface area contributed by atoms with Crippen LogP contribution in [0.5, 0.6) is 0 Å². The Kier molecular flexibility index (Phi) is 4.20. The quantitative estimate of drug-likeness (QED) is 0.422. The van der Waals surface area contributed by atoms with Gasteiger partial charge in [0.2, 0.25) is 11.6 Å². The Morgan fingerprint density at radius 3 is 2.83 bits per heavy atom. The second-order valence-corrected chi connectivity index (χ2v) is 5.43. The monoisotopic (exact) mass is 331 g/mol. The number of hydrogen-bond acceptors (Lipinski definition) is 7. The molecule has 0 radical (unpaired) electrons. The number of nitrogens with one attached hydrogen (secondary N) is 1. The number of aromatic amines is 1. The van der Waals surface area contributed by atoms with E-state index in [-0.39, 0.29) is 22.4 Å². The van der Waals surface area contributed by atoms with E-state index in [9.17, 15) is 14.3 Å². The highest BCUT2D eigenvalue weighted by atomic mass is 32.1. The topological polar surface area (TPSA) is 105 Å². The van der Waals surface area contributed by atoms with Crippen LogP contribution in [0.2, 0.25) is 0 Å². The number of tetrazole rings is 1. The number of H-pyrrole nitrogens is 1. The van der Waals surface area contributed by atoms with Gasteiger partial charge in [-0.25, -0.2) is 9.37 Å². The van der Waals surface area contributed by atoms with Gasteiger partial charge in [0.1, 0.15) is 5.82 Å². The van der Waals surface area contributed by atoms with Gasteiger partial charge in [0.05, 0.1) is 5.69 Å². The first-order chi connectivity index (χ1) is 11.1. The van der Waals surface area contributed by atoms with E-state index < -0.39 is 5.78 Å². The largest absolute Gasteiger partial charge is 0.504 e. The molecule has 3 rings (SSSR count). The normalized spacial score (nSPS) is 11.6. The third-order valence-electron chi connectivity index (χ3n) is 2.90. The van der Waals surface area contributed by atoms with Crippen molar-refractivity contribution in [3.63, 3.8) is 0 Å². The van der Waals surface area contributed by atoms with Crippen molar-refractivity contribution in [1.29, 1.82) is 0 Å². The van der Waals surface area contributed by atoms with Crippen molar-refractivity contribution in [3.05, 3.63) is 63.6 Å². The van der Waals surface area contributed by atoms with Crippen LogP contribution >= 0.6 is 11.3 Å². The molecule has 2 aromatic heterocycles. The molecule has 0 atom stereocenters. The lowest BCUT2D eigenvalue weighted by atomic mass is 10.1. The number of ketones is 1. The molecule has 7 nitrogen and oxygen atoms in total. The van der Waals surface area contributed by atoms with Crippen LogP contribution in [0.4, 0.5) is 4.39 Å². The minimum Gasteiger partial charge on any atom is -0.504 e. The molecule has 0 aliphatic carbocycles. The van der Waals surface area contributed by atoms with Crippen LogP contribution in [0.15, 0.2) is 35.7 Å². The maximum atomic E-state index is 12.9. The van der Waals surface area contributed by atoms with E-state index in [0.29, 0.717) is 12.1 Å². The Morgan fingerprint density at radius 1 is 1.35 bits per heavy atom. The van der Waals surface area contributed by atoms with Crippen molar-refractivity contribution >= 4 is 22.9 Å². The molecule has 23 heavy (non-hydrogen) atoms. The first kappa shape index (κ1) is 15.0. The summed E-state index contributed by atoms with van der Waals surface area (Å²) in [5.41, 5.74) is 1.58. The van der Waals surface area contributed by atoms with E-state index in [2.05, 4.69) is 25.6 Å². The predicted octanol–water partition coefficient (Wildman–Crippen LogP) is 2.17. The van der Waals surface area contributed by atoms with Crippen molar-refractivity contribution < 1.29 is 14.3 Å². The smallest absolute Gasteiger partial charge is 0.239 e. The van der Waals surface area contributed by atoms with E-state index in [1.54, 1.807) is 17.5 Å². The molecule has 2 heterocycles. The highest BCUT2D eigenvalue weighted by molar-refractivity contribution is 7.11. The summed E-state index contributed by atoms with van der Waals surface area (Å²) < 4.78 is 12.9. The number of allylic oxidation sites excluding steroid dienone is 1. The van der Waals surface area contributed by atoms with E-state index in [0.717, 1.165) is 23.0 Å². The molecular weight excluding hydrogens is 321 g/mol. The predicted molar refractivity (Wildman–Crippen MR) is 80.4 cm³/mol. The summed E-state index contributed by atoms with van der Waals surface area (Å²) >= 11 is 1.16. The summed E-state index contributed by atoms with van der Waals surface area (Å²) in [7, 11) is 0. The van der Waals surface area contributed by atoms with Crippen LogP contribution in [0, 0.1) is 5.82 Å². The number of aliphatic hydroxyl groups excluding tert-OH is 1. The average Bonchev–Trinajstić information content (AvgIpc) is 3.21. The molecule has 0 saturated heterocycles. The third kappa shape index (κ3) is 3.64. The summed E-state index contributed by atoms with van der Waals surface area (Å²) in [4.78, 5) is 16.3. The maximum Gasteiger partial charge on any atom is 0.239 e. The molecule has 9 heteroatoms. The van der Waals surface area contributed by atoms with Crippen LogP contribution in [-0.2, 0) is 6.42 Å². The fourth-order valence-electron chi connectivity index (χ4n) is 1.83. The molecule has 3 aromatic rings. The van der Waals surface area contributed by atoms with Gasteiger partial charge in [-0.3, -0.25) is 4.79 Å². The number of carbonyl (C=O) groups excluding carboxylic acids is 1. The summed E-state index contributed by atoms with van der Waals surface area (Å²) in [6.45, 7) is 0. The van der Waals surface area contributed by atoms with Crippen LogP contribution in [-0.4, -0.2) is 36.5 Å². The molecular formula is C14H10FN5O2S. The summed E-state index contributed by atoms with van der Waals surface area (Å²) in [6, 6.07) is 6.08. The van der Waals surface area contributed by atoms with Gasteiger partial charge < -0.3 is 5.11 Å². The van der Waals surface area contributed by atoms with Crippen LogP contribution in [0.1, 0.15) is 26.9 Å². The number of aliphatic hydroxyl groups is 1. The molecule has 0 fully saturated rings. The number of thiazole rings is 1. The maximum absolute atomic E-state index is 12.9. The molecule has 0 bridgehead atoms. The van der Waals surface area contributed by atoms with Crippen molar-refractivity contribution in [3.8, 4) is 0 Å². The molecule has 0 unspecified atom stereocenters. The zero-order valence-corrected chi connectivity index (χ0v) is 12.4. The van der Waals surface area contributed by atoms with Gasteiger partial charge in [0, 0.05) is 17.9 Å². The number of carbonyl (C=O) groups is 1. The number of benzene rings is 1. The fraction of sp³-hybridized carbons (Fsp3) is 0.0714. The average molecular weight is 331 g/mol.